The van der Waals surface area contributed by atoms with Gasteiger partial charge in [0.25, 0.3) is 0 Å². The first-order valence-corrected chi connectivity index (χ1v) is 16.4. The maximum absolute atomic E-state index is 6.29. The van der Waals surface area contributed by atoms with Crippen molar-refractivity contribution in [3.63, 3.8) is 0 Å². The lowest BCUT2D eigenvalue weighted by Gasteiger charge is -2.32. The monoisotopic (exact) mass is 609 g/mol. The molecule has 218 valence electrons. The second kappa shape index (κ2) is 10.0. The molecule has 10 rings (SSSR count). The Labute approximate surface area is 268 Å². The first-order chi connectivity index (χ1) is 22.8. The quantitative estimate of drug-likeness (QED) is 0.196. The average molecular weight is 610 g/mol. The van der Waals surface area contributed by atoms with Gasteiger partial charge in [-0.25, -0.2) is 4.99 Å². The molecule has 0 saturated heterocycles. The molecule has 0 amide bonds. The van der Waals surface area contributed by atoms with E-state index in [2.05, 4.69) is 132 Å². The number of rotatable bonds is 3. The van der Waals surface area contributed by atoms with E-state index in [9.17, 15) is 0 Å². The van der Waals surface area contributed by atoms with Gasteiger partial charge in [-0.3, -0.25) is 5.32 Å². The number of nitrogens with zero attached hydrogens (tertiary/aromatic N) is 1. The maximum atomic E-state index is 6.29. The summed E-state index contributed by atoms with van der Waals surface area (Å²) in [6.45, 7) is 0. The fourth-order valence-corrected chi connectivity index (χ4v) is 8.23. The van der Waals surface area contributed by atoms with Gasteiger partial charge in [0, 0.05) is 42.1 Å². The van der Waals surface area contributed by atoms with Gasteiger partial charge < -0.3 is 9.73 Å². The summed E-state index contributed by atoms with van der Waals surface area (Å²) < 4.78 is 8.89. The Hall–Kier alpha value is -5.49. The van der Waals surface area contributed by atoms with Crippen molar-refractivity contribution in [2.24, 2.45) is 4.99 Å². The molecule has 3 heterocycles. The highest BCUT2D eigenvalue weighted by Gasteiger charge is 2.28. The number of aliphatic imine (C=N–C) groups is 1. The highest BCUT2D eigenvalue weighted by Crippen LogP contribution is 2.39. The van der Waals surface area contributed by atoms with Gasteiger partial charge >= 0.3 is 0 Å². The normalized spacial score (nSPS) is 16.9. The van der Waals surface area contributed by atoms with E-state index in [1.807, 2.05) is 29.5 Å². The van der Waals surface area contributed by atoms with E-state index in [1.165, 1.54) is 47.3 Å². The van der Waals surface area contributed by atoms with Gasteiger partial charge in [-0.1, -0.05) is 103 Å². The Bertz CT molecular complexity index is 2680. The molecule has 2 N–H and O–H groups in total. The average Bonchev–Trinajstić information content (AvgIpc) is 3.69. The molecule has 2 aromatic heterocycles. The molecule has 9 aromatic rings. The third-order valence-corrected chi connectivity index (χ3v) is 10.5. The predicted octanol–water partition coefficient (Wildman–Crippen LogP) is 10.6. The van der Waals surface area contributed by atoms with Gasteiger partial charge in [0.05, 0.1) is 0 Å². The highest BCUT2D eigenvalue weighted by atomic mass is 32.1. The zero-order valence-electron chi connectivity index (χ0n) is 24.7. The van der Waals surface area contributed by atoms with Crippen LogP contribution >= 0.6 is 11.3 Å². The van der Waals surface area contributed by atoms with E-state index in [-0.39, 0.29) is 12.3 Å². The first kappa shape index (κ1) is 25.8. The van der Waals surface area contributed by atoms with Gasteiger partial charge in [-0.05, 0) is 63.5 Å². The first-order valence-electron chi connectivity index (χ1n) is 15.6. The summed E-state index contributed by atoms with van der Waals surface area (Å²) in [7, 11) is 0. The van der Waals surface area contributed by atoms with Crippen LogP contribution in [0.4, 0.5) is 0 Å². The molecule has 0 fully saturated rings. The van der Waals surface area contributed by atoms with Gasteiger partial charge in [-0.2, -0.15) is 0 Å². The van der Waals surface area contributed by atoms with E-state index < -0.39 is 0 Å². The topological polar surface area (TPSA) is 49.6 Å². The van der Waals surface area contributed by atoms with E-state index in [4.69, 9.17) is 9.41 Å². The van der Waals surface area contributed by atoms with Crippen LogP contribution in [-0.2, 0) is 0 Å². The Morgan fingerprint density at radius 3 is 2.24 bits per heavy atom. The molecule has 46 heavy (non-hydrogen) atoms. The van der Waals surface area contributed by atoms with E-state index in [0.717, 1.165) is 38.9 Å². The van der Waals surface area contributed by atoms with Crippen LogP contribution in [-0.4, -0.2) is 5.84 Å². The fraction of sp³-hybridized carbons (Fsp3) is 0.0488. The van der Waals surface area contributed by atoms with Crippen molar-refractivity contribution in [1.29, 1.82) is 0 Å². The van der Waals surface area contributed by atoms with Crippen LogP contribution in [0.5, 0.6) is 0 Å². The van der Waals surface area contributed by atoms with Gasteiger partial charge in [-0.15, -0.1) is 11.3 Å². The smallest absolute Gasteiger partial charge is 0.135 e. The van der Waals surface area contributed by atoms with Gasteiger partial charge in [0.15, 0.2) is 0 Å². The minimum Gasteiger partial charge on any atom is -0.456 e. The van der Waals surface area contributed by atoms with E-state index >= 15 is 0 Å². The zero-order chi connectivity index (χ0) is 30.2. The van der Waals surface area contributed by atoms with Crippen LogP contribution in [0.15, 0.2) is 149 Å². The van der Waals surface area contributed by atoms with E-state index in [0.29, 0.717) is 0 Å². The number of hydrogen-bond donors (Lipinski definition) is 2. The van der Waals surface area contributed by atoms with Crippen molar-refractivity contribution in [2.75, 3.05) is 0 Å². The summed E-state index contributed by atoms with van der Waals surface area (Å²) in [4.78, 5) is 5.38. The van der Waals surface area contributed by atoms with Crippen molar-refractivity contribution in [1.82, 2.24) is 10.6 Å². The Morgan fingerprint density at radius 2 is 1.30 bits per heavy atom. The molecule has 4 nitrogen and oxygen atoms in total. The minimum atomic E-state index is -0.302. The lowest BCUT2D eigenvalue weighted by Crippen LogP contribution is -2.45. The number of thiophene rings is 1. The van der Waals surface area contributed by atoms with Crippen molar-refractivity contribution < 1.29 is 4.42 Å². The van der Waals surface area contributed by atoms with Gasteiger partial charge in [0.1, 0.15) is 29.3 Å². The number of furan rings is 1. The largest absolute Gasteiger partial charge is 0.456 e. The third kappa shape index (κ3) is 3.99. The lowest BCUT2D eigenvalue weighted by molar-refractivity contribution is 0.411. The third-order valence-electron chi connectivity index (χ3n) is 9.35. The number of amidine groups is 1. The second-order valence-electron chi connectivity index (χ2n) is 12.0. The zero-order valence-corrected chi connectivity index (χ0v) is 25.5. The molecule has 2 atom stereocenters. The number of para-hydroxylation sites is 1. The van der Waals surface area contributed by atoms with Crippen LogP contribution in [0.25, 0.3) is 63.7 Å². The van der Waals surface area contributed by atoms with Crippen LogP contribution in [0.3, 0.4) is 0 Å². The molecule has 0 aliphatic carbocycles. The van der Waals surface area contributed by atoms with Crippen molar-refractivity contribution in [2.45, 2.75) is 12.3 Å². The fourth-order valence-electron chi connectivity index (χ4n) is 7.14. The second-order valence-corrected chi connectivity index (χ2v) is 13.1. The molecule has 0 saturated carbocycles. The summed E-state index contributed by atoms with van der Waals surface area (Å²) in [5.74, 6) is 0.865. The highest BCUT2D eigenvalue weighted by molar-refractivity contribution is 7.25. The SMILES string of the molecule is c1ccc2c(c1)ccc1ccc(C3=NC(c4cccc5oc6ccccc6c45)NC(c4ccc5sc6ccccc6c5c4)N3)cc12. The van der Waals surface area contributed by atoms with Crippen molar-refractivity contribution in [3.8, 4) is 0 Å². The Morgan fingerprint density at radius 1 is 0.565 bits per heavy atom. The maximum Gasteiger partial charge on any atom is 0.135 e. The van der Waals surface area contributed by atoms with Crippen LogP contribution in [0, 0.1) is 0 Å². The van der Waals surface area contributed by atoms with Crippen LogP contribution < -0.4 is 10.6 Å². The summed E-state index contributed by atoms with van der Waals surface area (Å²) in [6.07, 6.45) is -0.471. The Kier molecular flexibility index (Phi) is 5.61. The number of hydrogen-bond acceptors (Lipinski definition) is 5. The molecule has 1 aliphatic rings. The molecule has 2 unspecified atom stereocenters. The van der Waals surface area contributed by atoms with Crippen molar-refractivity contribution >= 4 is 80.8 Å². The number of nitrogens with one attached hydrogen (secondary N) is 2. The minimum absolute atomic E-state index is 0.169. The van der Waals surface area contributed by atoms with E-state index in [1.54, 1.807) is 0 Å². The molecule has 0 radical (unpaired) electrons. The van der Waals surface area contributed by atoms with Crippen LogP contribution in [0.1, 0.15) is 29.0 Å². The predicted molar refractivity (Wildman–Crippen MR) is 193 cm³/mol. The number of benzene rings is 7. The summed E-state index contributed by atoms with van der Waals surface area (Å²) in [6, 6.07) is 49.7. The molecule has 7 aromatic carbocycles. The lowest BCUT2D eigenvalue weighted by atomic mass is 9.98. The molecular formula is C41H27N3OS. The summed E-state index contributed by atoms with van der Waals surface area (Å²) >= 11 is 1.84. The molecule has 5 heteroatoms. The van der Waals surface area contributed by atoms with Gasteiger partial charge in [0.2, 0.25) is 0 Å². The van der Waals surface area contributed by atoms with Crippen molar-refractivity contribution in [3.05, 3.63) is 156 Å². The summed E-state index contributed by atoms with van der Waals surface area (Å²) in [5, 5.41) is 17.4. The number of fused-ring (bicyclic) bond motifs is 9. The van der Waals surface area contributed by atoms with Crippen LogP contribution in [0.2, 0.25) is 0 Å². The standard InChI is InChI=1S/C41H27N3OS/c1-2-9-28-24(8-1)16-17-25-18-19-26(22-32(25)28)39-42-40(27-20-21-37-33(23-27)29-10-4-6-15-36(29)46-37)44-41(43-39)31-12-7-14-35-38(31)30-11-3-5-13-34(30)45-35/h1-23,40-41,44H,(H,42,43). The Balaban J connectivity index is 1.17. The molecule has 1 aliphatic heterocycles. The molecular weight excluding hydrogens is 583 g/mol. The summed E-state index contributed by atoms with van der Waals surface area (Å²) in [5.41, 5.74) is 5.09. The molecule has 0 spiro atoms. The molecule has 0 bridgehead atoms.